The number of nitro groups is 1. The number of amides is 1. The van der Waals surface area contributed by atoms with Crippen LogP contribution in [-0.2, 0) is 4.79 Å². The molecular formula is C15H12BrN3O4. The van der Waals surface area contributed by atoms with E-state index in [1.54, 1.807) is 6.07 Å². The molecule has 2 aromatic carbocycles. The van der Waals surface area contributed by atoms with E-state index in [9.17, 15) is 14.9 Å². The molecule has 2 rings (SSSR count). The summed E-state index contributed by atoms with van der Waals surface area (Å²) in [6, 6.07) is 13.2. The molecule has 0 atom stereocenters. The normalized spacial score (nSPS) is 10.5. The van der Waals surface area contributed by atoms with E-state index in [2.05, 4.69) is 26.5 Å². The summed E-state index contributed by atoms with van der Waals surface area (Å²) in [7, 11) is 0. The highest BCUT2D eigenvalue weighted by molar-refractivity contribution is 9.10. The molecule has 8 heteroatoms. The third-order valence-corrected chi connectivity index (χ3v) is 3.22. The summed E-state index contributed by atoms with van der Waals surface area (Å²) in [5.41, 5.74) is 2.91. The minimum absolute atomic E-state index is 0.0320. The maximum absolute atomic E-state index is 11.6. The van der Waals surface area contributed by atoms with Gasteiger partial charge in [0.2, 0.25) is 0 Å². The molecule has 2 aromatic rings. The Hall–Kier alpha value is -2.74. The summed E-state index contributed by atoms with van der Waals surface area (Å²) in [5.74, 6) is -0.485. The Kier molecular flexibility index (Phi) is 5.81. The van der Waals surface area contributed by atoms with Crippen LogP contribution in [-0.4, -0.2) is 23.7 Å². The quantitative estimate of drug-likeness (QED) is 0.475. The maximum atomic E-state index is 11.6. The lowest BCUT2D eigenvalue weighted by atomic mass is 10.2. The molecule has 118 valence electrons. The van der Waals surface area contributed by atoms with E-state index >= 15 is 0 Å². The zero-order valence-corrected chi connectivity index (χ0v) is 13.4. The summed E-state index contributed by atoms with van der Waals surface area (Å²) in [5, 5.41) is 14.6. The summed E-state index contributed by atoms with van der Waals surface area (Å²) < 4.78 is 6.09. The lowest BCUT2D eigenvalue weighted by Crippen LogP contribution is -2.24. The Balaban J connectivity index is 1.86. The van der Waals surface area contributed by atoms with E-state index < -0.39 is 10.8 Å². The highest BCUT2D eigenvalue weighted by atomic mass is 79.9. The smallest absolute Gasteiger partial charge is 0.310 e. The standard InChI is InChI=1S/C15H12BrN3O4/c16-12-7-5-11(6-8-12)9-17-18-15(20)10-23-14-4-2-1-3-13(14)19(21)22/h1-9H,10H2,(H,18,20)/b17-9+. The number of nitro benzene ring substituents is 1. The van der Waals surface area contributed by atoms with Crippen molar-refractivity contribution >= 4 is 33.7 Å². The van der Waals surface area contributed by atoms with Crippen molar-refractivity contribution < 1.29 is 14.5 Å². The molecule has 0 fully saturated rings. The van der Waals surface area contributed by atoms with Gasteiger partial charge in [0.15, 0.2) is 12.4 Å². The summed E-state index contributed by atoms with van der Waals surface area (Å²) in [6.45, 7) is -0.372. The molecule has 0 saturated heterocycles. The summed E-state index contributed by atoms with van der Waals surface area (Å²) in [4.78, 5) is 21.9. The predicted molar refractivity (Wildman–Crippen MR) is 88.5 cm³/mol. The molecule has 7 nitrogen and oxygen atoms in total. The molecule has 0 radical (unpaired) electrons. The number of hydrogen-bond acceptors (Lipinski definition) is 5. The number of hydrazone groups is 1. The van der Waals surface area contributed by atoms with Gasteiger partial charge in [-0.3, -0.25) is 14.9 Å². The van der Waals surface area contributed by atoms with E-state index in [4.69, 9.17) is 4.74 Å². The first-order valence-corrected chi connectivity index (χ1v) is 7.29. The zero-order chi connectivity index (χ0) is 16.7. The molecule has 0 saturated carbocycles. The third-order valence-electron chi connectivity index (χ3n) is 2.69. The van der Waals surface area contributed by atoms with Crippen molar-refractivity contribution in [3.8, 4) is 5.75 Å². The summed E-state index contributed by atoms with van der Waals surface area (Å²) in [6.07, 6.45) is 1.48. The molecule has 1 amide bonds. The number of nitrogens with one attached hydrogen (secondary N) is 1. The number of para-hydroxylation sites is 2. The highest BCUT2D eigenvalue weighted by Gasteiger charge is 2.14. The SMILES string of the molecule is O=C(COc1ccccc1[N+](=O)[O-])N/N=C/c1ccc(Br)cc1. The average molecular weight is 378 g/mol. The van der Waals surface area contributed by atoms with Gasteiger partial charge in [-0.15, -0.1) is 0 Å². The first kappa shape index (κ1) is 16.6. The van der Waals surface area contributed by atoms with Gasteiger partial charge >= 0.3 is 5.69 Å². The Morgan fingerprint density at radius 2 is 1.96 bits per heavy atom. The molecule has 23 heavy (non-hydrogen) atoms. The van der Waals surface area contributed by atoms with Crippen LogP contribution in [0.1, 0.15) is 5.56 Å². The van der Waals surface area contributed by atoms with Crippen LogP contribution in [0, 0.1) is 10.1 Å². The van der Waals surface area contributed by atoms with Crippen molar-refractivity contribution in [2.75, 3.05) is 6.61 Å². The fourth-order valence-corrected chi connectivity index (χ4v) is 1.90. The van der Waals surface area contributed by atoms with E-state index in [0.29, 0.717) is 0 Å². The molecule has 0 aliphatic heterocycles. The Bertz CT molecular complexity index is 732. The summed E-state index contributed by atoms with van der Waals surface area (Å²) >= 11 is 3.32. The predicted octanol–water partition coefficient (Wildman–Crippen LogP) is 2.89. The van der Waals surface area contributed by atoms with Crippen molar-refractivity contribution in [1.29, 1.82) is 0 Å². The van der Waals surface area contributed by atoms with Gasteiger partial charge in [-0.1, -0.05) is 40.2 Å². The van der Waals surface area contributed by atoms with Gasteiger partial charge in [-0.25, -0.2) is 5.43 Å². The van der Waals surface area contributed by atoms with Crippen LogP contribution in [0.15, 0.2) is 58.1 Å². The van der Waals surface area contributed by atoms with Gasteiger partial charge in [0.25, 0.3) is 5.91 Å². The first-order valence-electron chi connectivity index (χ1n) is 6.50. The number of halogens is 1. The third kappa shape index (κ3) is 5.19. The largest absolute Gasteiger partial charge is 0.477 e. The molecule has 0 bridgehead atoms. The highest BCUT2D eigenvalue weighted by Crippen LogP contribution is 2.25. The minimum atomic E-state index is -0.571. The monoisotopic (exact) mass is 377 g/mol. The molecule has 0 heterocycles. The van der Waals surface area contributed by atoms with E-state index in [-0.39, 0.29) is 18.0 Å². The van der Waals surface area contributed by atoms with Crippen molar-refractivity contribution in [1.82, 2.24) is 5.43 Å². The number of nitrogens with zero attached hydrogens (tertiary/aromatic N) is 2. The molecule has 0 aromatic heterocycles. The number of carbonyl (C=O) groups excluding carboxylic acids is 1. The van der Waals surface area contributed by atoms with Crippen LogP contribution in [0.3, 0.4) is 0 Å². The van der Waals surface area contributed by atoms with Crippen LogP contribution >= 0.6 is 15.9 Å². The van der Waals surface area contributed by atoms with Gasteiger partial charge < -0.3 is 4.74 Å². The van der Waals surface area contributed by atoms with E-state index in [0.717, 1.165) is 10.0 Å². The molecule has 0 aliphatic carbocycles. The maximum Gasteiger partial charge on any atom is 0.310 e. The van der Waals surface area contributed by atoms with Gasteiger partial charge in [0.1, 0.15) is 0 Å². The topological polar surface area (TPSA) is 93.8 Å². The molecule has 1 N–H and O–H groups in total. The molecule has 0 spiro atoms. The van der Waals surface area contributed by atoms with Crippen molar-refractivity contribution in [2.45, 2.75) is 0 Å². The fraction of sp³-hybridized carbons (Fsp3) is 0.0667. The van der Waals surface area contributed by atoms with Crippen LogP contribution in [0.5, 0.6) is 5.75 Å². The van der Waals surface area contributed by atoms with E-state index in [1.165, 1.54) is 24.4 Å². The lowest BCUT2D eigenvalue weighted by Gasteiger charge is -2.05. The number of hydrogen-bond donors (Lipinski definition) is 1. The van der Waals surface area contributed by atoms with Crippen LogP contribution in [0.25, 0.3) is 0 Å². The Morgan fingerprint density at radius 1 is 1.26 bits per heavy atom. The first-order chi connectivity index (χ1) is 11.1. The van der Waals surface area contributed by atoms with Gasteiger partial charge in [-0.05, 0) is 23.8 Å². The van der Waals surface area contributed by atoms with E-state index in [1.807, 2.05) is 24.3 Å². The molecule has 0 aliphatic rings. The fourth-order valence-electron chi connectivity index (χ4n) is 1.63. The Labute approximate surface area is 140 Å². The van der Waals surface area contributed by atoms with Gasteiger partial charge in [0, 0.05) is 10.5 Å². The second kappa shape index (κ2) is 8.04. The van der Waals surface area contributed by atoms with Gasteiger partial charge in [0.05, 0.1) is 11.1 Å². The zero-order valence-electron chi connectivity index (χ0n) is 11.8. The van der Waals surface area contributed by atoms with Gasteiger partial charge in [-0.2, -0.15) is 5.10 Å². The second-order valence-corrected chi connectivity index (χ2v) is 5.27. The molecular weight excluding hydrogens is 366 g/mol. The second-order valence-electron chi connectivity index (χ2n) is 4.36. The van der Waals surface area contributed by atoms with Crippen LogP contribution in [0.2, 0.25) is 0 Å². The molecule has 0 unspecified atom stereocenters. The van der Waals surface area contributed by atoms with Crippen LogP contribution < -0.4 is 10.2 Å². The number of carbonyl (C=O) groups is 1. The van der Waals surface area contributed by atoms with Crippen molar-refractivity contribution in [3.63, 3.8) is 0 Å². The number of ether oxygens (including phenoxy) is 1. The van der Waals surface area contributed by atoms with Crippen molar-refractivity contribution in [3.05, 3.63) is 68.7 Å². The van der Waals surface area contributed by atoms with Crippen molar-refractivity contribution in [2.24, 2.45) is 5.10 Å². The minimum Gasteiger partial charge on any atom is -0.477 e. The number of benzene rings is 2. The lowest BCUT2D eigenvalue weighted by molar-refractivity contribution is -0.385. The van der Waals surface area contributed by atoms with Crippen LogP contribution in [0.4, 0.5) is 5.69 Å². The number of rotatable bonds is 6. The Morgan fingerprint density at radius 3 is 2.65 bits per heavy atom. The average Bonchev–Trinajstić information content (AvgIpc) is 2.55.